The summed E-state index contributed by atoms with van der Waals surface area (Å²) in [5.41, 5.74) is -0.187. The van der Waals surface area contributed by atoms with Gasteiger partial charge in [0.2, 0.25) is 0 Å². The Morgan fingerprint density at radius 2 is 2.08 bits per heavy atom. The average Bonchev–Trinajstić information content (AvgIpc) is 2.00. The van der Waals surface area contributed by atoms with Crippen molar-refractivity contribution in [1.29, 1.82) is 0 Å². The van der Waals surface area contributed by atoms with Gasteiger partial charge in [0.05, 0.1) is 6.61 Å². The number of methoxy groups -OCH3 is 1. The first-order chi connectivity index (χ1) is 5.52. The summed E-state index contributed by atoms with van der Waals surface area (Å²) in [6, 6.07) is 0.382. The Morgan fingerprint density at radius 3 is 2.50 bits per heavy atom. The second-order valence-corrected chi connectivity index (χ2v) is 3.87. The molecule has 12 heavy (non-hydrogen) atoms. The number of hydrogen-bond donors (Lipinski definition) is 2. The molecule has 3 heteroatoms. The van der Waals surface area contributed by atoms with Crippen LogP contribution in [0.5, 0.6) is 0 Å². The second kappa shape index (κ2) is 5.51. The van der Waals surface area contributed by atoms with Crippen LogP contribution in [0.15, 0.2) is 0 Å². The zero-order valence-electron chi connectivity index (χ0n) is 8.55. The fraction of sp³-hybridized carbons (Fsp3) is 1.00. The highest BCUT2D eigenvalue weighted by atomic mass is 16.5. The fourth-order valence-corrected chi connectivity index (χ4v) is 1.08. The van der Waals surface area contributed by atoms with Gasteiger partial charge in [0.1, 0.15) is 0 Å². The molecule has 0 aromatic heterocycles. The molecule has 0 radical (unpaired) electrons. The van der Waals surface area contributed by atoms with Gasteiger partial charge in [0, 0.05) is 25.3 Å². The molecule has 2 N–H and O–H groups in total. The summed E-state index contributed by atoms with van der Waals surface area (Å²) in [7, 11) is 1.70. The minimum atomic E-state index is -0.187. The van der Waals surface area contributed by atoms with Crippen molar-refractivity contribution in [3.8, 4) is 0 Å². The number of rotatable bonds is 6. The highest BCUT2D eigenvalue weighted by Crippen LogP contribution is 2.03. The largest absolute Gasteiger partial charge is 0.394 e. The molecule has 0 amide bonds. The van der Waals surface area contributed by atoms with Crippen LogP contribution in [0.25, 0.3) is 0 Å². The first-order valence-corrected chi connectivity index (χ1v) is 4.39. The van der Waals surface area contributed by atoms with Gasteiger partial charge in [-0.2, -0.15) is 0 Å². The molecule has 0 rings (SSSR count). The van der Waals surface area contributed by atoms with Crippen LogP contribution in [-0.4, -0.2) is 37.0 Å². The molecule has 0 aromatic carbocycles. The number of nitrogens with one attached hydrogen (secondary N) is 1. The lowest BCUT2D eigenvalue weighted by atomic mass is 10.1. The van der Waals surface area contributed by atoms with Crippen molar-refractivity contribution in [1.82, 2.24) is 5.32 Å². The number of aliphatic hydroxyl groups excluding tert-OH is 1. The lowest BCUT2D eigenvalue weighted by molar-refractivity contribution is 0.152. The van der Waals surface area contributed by atoms with E-state index < -0.39 is 0 Å². The van der Waals surface area contributed by atoms with Gasteiger partial charge < -0.3 is 15.2 Å². The molecule has 0 heterocycles. The Balaban J connectivity index is 3.60. The van der Waals surface area contributed by atoms with E-state index in [2.05, 4.69) is 12.2 Å². The molecule has 0 saturated heterocycles. The zero-order chi connectivity index (χ0) is 9.61. The minimum Gasteiger partial charge on any atom is -0.394 e. The van der Waals surface area contributed by atoms with E-state index in [1.165, 1.54) is 0 Å². The van der Waals surface area contributed by atoms with Crippen LogP contribution < -0.4 is 5.32 Å². The van der Waals surface area contributed by atoms with E-state index in [-0.39, 0.29) is 12.1 Å². The summed E-state index contributed by atoms with van der Waals surface area (Å²) in [5, 5.41) is 12.3. The van der Waals surface area contributed by atoms with E-state index in [1.807, 2.05) is 13.8 Å². The predicted octanol–water partition coefficient (Wildman–Crippen LogP) is 0.772. The van der Waals surface area contributed by atoms with E-state index in [0.29, 0.717) is 6.04 Å². The summed E-state index contributed by atoms with van der Waals surface area (Å²) in [4.78, 5) is 0. The summed E-state index contributed by atoms with van der Waals surface area (Å²) < 4.78 is 4.96. The van der Waals surface area contributed by atoms with Crippen LogP contribution in [0.3, 0.4) is 0 Å². The predicted molar refractivity (Wildman–Crippen MR) is 50.3 cm³/mol. The van der Waals surface area contributed by atoms with Gasteiger partial charge in [-0.15, -0.1) is 0 Å². The number of hydrogen-bond acceptors (Lipinski definition) is 3. The molecular weight excluding hydrogens is 154 g/mol. The molecule has 1 unspecified atom stereocenters. The average molecular weight is 175 g/mol. The van der Waals surface area contributed by atoms with E-state index in [1.54, 1.807) is 7.11 Å². The summed E-state index contributed by atoms with van der Waals surface area (Å²) in [6.07, 6.45) is 0.972. The summed E-state index contributed by atoms with van der Waals surface area (Å²) in [5.74, 6) is 0. The van der Waals surface area contributed by atoms with Crippen molar-refractivity contribution < 1.29 is 9.84 Å². The highest BCUT2D eigenvalue weighted by Gasteiger charge is 2.17. The van der Waals surface area contributed by atoms with Gasteiger partial charge in [-0.3, -0.25) is 0 Å². The Kier molecular flexibility index (Phi) is 5.46. The van der Waals surface area contributed by atoms with Crippen molar-refractivity contribution in [3.05, 3.63) is 0 Å². The lowest BCUT2D eigenvalue weighted by Gasteiger charge is -2.28. The molecule has 0 aliphatic rings. The standard InChI is InChI=1S/C9H21NO2/c1-8(5-6-12-4)10-9(2,3)7-11/h8,10-11H,5-7H2,1-4H3. The third kappa shape index (κ3) is 5.52. The topological polar surface area (TPSA) is 41.5 Å². The Bertz CT molecular complexity index is 115. The SMILES string of the molecule is COCCC(C)NC(C)(C)CO. The normalized spacial score (nSPS) is 14.8. The molecular formula is C9H21NO2. The third-order valence-corrected chi connectivity index (χ3v) is 1.79. The van der Waals surface area contributed by atoms with Gasteiger partial charge in [0.25, 0.3) is 0 Å². The maximum absolute atomic E-state index is 8.97. The molecule has 0 fully saturated rings. The van der Waals surface area contributed by atoms with Crippen LogP contribution in [0.1, 0.15) is 27.2 Å². The van der Waals surface area contributed by atoms with Gasteiger partial charge >= 0.3 is 0 Å². The zero-order valence-corrected chi connectivity index (χ0v) is 8.55. The summed E-state index contributed by atoms with van der Waals surface area (Å²) in [6.45, 7) is 6.98. The first-order valence-electron chi connectivity index (χ1n) is 4.39. The van der Waals surface area contributed by atoms with E-state index in [4.69, 9.17) is 9.84 Å². The molecule has 0 saturated carbocycles. The van der Waals surface area contributed by atoms with Crippen LogP contribution >= 0.6 is 0 Å². The second-order valence-electron chi connectivity index (χ2n) is 3.87. The highest BCUT2D eigenvalue weighted by molar-refractivity contribution is 4.79. The van der Waals surface area contributed by atoms with Crippen molar-refractivity contribution in [3.63, 3.8) is 0 Å². The van der Waals surface area contributed by atoms with Gasteiger partial charge in [-0.05, 0) is 27.2 Å². The summed E-state index contributed by atoms with van der Waals surface area (Å²) >= 11 is 0. The van der Waals surface area contributed by atoms with Gasteiger partial charge in [0.15, 0.2) is 0 Å². The van der Waals surface area contributed by atoms with Crippen LogP contribution in [-0.2, 0) is 4.74 Å². The maximum atomic E-state index is 8.97. The Morgan fingerprint density at radius 1 is 1.50 bits per heavy atom. The van der Waals surface area contributed by atoms with Crippen LogP contribution in [0.4, 0.5) is 0 Å². The van der Waals surface area contributed by atoms with Crippen molar-refractivity contribution in [2.24, 2.45) is 0 Å². The van der Waals surface area contributed by atoms with Crippen molar-refractivity contribution in [2.45, 2.75) is 38.8 Å². The third-order valence-electron chi connectivity index (χ3n) is 1.79. The molecule has 3 nitrogen and oxygen atoms in total. The van der Waals surface area contributed by atoms with Crippen LogP contribution in [0.2, 0.25) is 0 Å². The number of ether oxygens (including phenoxy) is 1. The van der Waals surface area contributed by atoms with Gasteiger partial charge in [-0.25, -0.2) is 0 Å². The first kappa shape index (κ1) is 11.9. The minimum absolute atomic E-state index is 0.157. The molecule has 74 valence electrons. The molecule has 0 aromatic rings. The quantitative estimate of drug-likeness (QED) is 0.626. The Hall–Kier alpha value is -0.120. The number of aliphatic hydroxyl groups is 1. The smallest absolute Gasteiger partial charge is 0.0607 e. The van der Waals surface area contributed by atoms with E-state index in [9.17, 15) is 0 Å². The van der Waals surface area contributed by atoms with Crippen molar-refractivity contribution in [2.75, 3.05) is 20.3 Å². The molecule has 1 atom stereocenters. The molecule has 0 aliphatic carbocycles. The van der Waals surface area contributed by atoms with E-state index in [0.717, 1.165) is 13.0 Å². The van der Waals surface area contributed by atoms with Gasteiger partial charge in [-0.1, -0.05) is 0 Å². The molecule has 0 aliphatic heterocycles. The maximum Gasteiger partial charge on any atom is 0.0607 e. The lowest BCUT2D eigenvalue weighted by Crippen LogP contribution is -2.47. The molecule has 0 spiro atoms. The van der Waals surface area contributed by atoms with Crippen molar-refractivity contribution >= 4 is 0 Å². The van der Waals surface area contributed by atoms with E-state index >= 15 is 0 Å². The Labute approximate surface area is 75.1 Å². The molecule has 0 bridgehead atoms. The fourth-order valence-electron chi connectivity index (χ4n) is 1.08. The van der Waals surface area contributed by atoms with Crippen LogP contribution in [0, 0.1) is 0 Å². The monoisotopic (exact) mass is 175 g/mol.